The van der Waals surface area contributed by atoms with Crippen LogP contribution in [-0.4, -0.2) is 18.5 Å². The maximum absolute atomic E-state index is 5.97. The number of rotatable bonds is 6. The zero-order chi connectivity index (χ0) is 15.9. The van der Waals surface area contributed by atoms with Crippen molar-refractivity contribution >= 4 is 17.4 Å². The lowest BCUT2D eigenvalue weighted by Gasteiger charge is -2.13. The molecule has 0 aliphatic heterocycles. The van der Waals surface area contributed by atoms with Crippen molar-refractivity contribution in [2.45, 2.75) is 26.4 Å². The first kappa shape index (κ1) is 16.4. The third kappa shape index (κ3) is 5.41. The molecular weight excluding hydrogens is 296 g/mol. The number of hydrogen-bond donors (Lipinski definition) is 1. The zero-order valence-electron chi connectivity index (χ0n) is 12.9. The Balaban J connectivity index is 1.87. The van der Waals surface area contributed by atoms with E-state index in [9.17, 15) is 0 Å². The monoisotopic (exact) mass is 316 g/mol. The summed E-state index contributed by atoms with van der Waals surface area (Å²) in [4.78, 5) is 4.39. The van der Waals surface area contributed by atoms with E-state index in [1.165, 1.54) is 5.56 Å². The van der Waals surface area contributed by atoms with Crippen LogP contribution in [0.5, 0.6) is 5.75 Å². The molecule has 0 aliphatic carbocycles. The molecule has 0 radical (unpaired) electrons. The number of amidine groups is 1. The lowest BCUT2D eigenvalue weighted by atomic mass is 10.1. The molecule has 0 aromatic heterocycles. The van der Waals surface area contributed by atoms with Gasteiger partial charge in [0.05, 0.1) is 12.4 Å². The molecule has 0 spiro atoms. The minimum atomic E-state index is -0.0280. The van der Waals surface area contributed by atoms with Gasteiger partial charge in [-0.15, -0.1) is 0 Å². The molecule has 0 saturated heterocycles. The molecule has 0 heterocycles. The molecular formula is C18H21ClN2O. The molecule has 0 fully saturated rings. The Morgan fingerprint density at radius 2 is 2.00 bits per heavy atom. The van der Waals surface area contributed by atoms with E-state index in [0.717, 1.165) is 11.3 Å². The number of aliphatic imine (C=N–C) groups is 1. The summed E-state index contributed by atoms with van der Waals surface area (Å²) in [5, 5.41) is 0.710. The summed E-state index contributed by atoms with van der Waals surface area (Å²) < 4.78 is 5.83. The fraction of sp³-hybridized carbons (Fsp3) is 0.278. The van der Waals surface area contributed by atoms with Crippen LogP contribution in [0.4, 0.5) is 0 Å². The maximum atomic E-state index is 5.97. The van der Waals surface area contributed by atoms with E-state index in [4.69, 9.17) is 22.1 Å². The topological polar surface area (TPSA) is 47.6 Å². The van der Waals surface area contributed by atoms with E-state index in [1.807, 2.05) is 62.4 Å². The first-order valence-corrected chi connectivity index (χ1v) is 7.67. The van der Waals surface area contributed by atoms with E-state index >= 15 is 0 Å². The Kier molecular flexibility index (Phi) is 5.84. The molecule has 2 aromatic rings. The highest BCUT2D eigenvalue weighted by Gasteiger charge is 2.04. The molecule has 2 rings (SSSR count). The highest BCUT2D eigenvalue weighted by molar-refractivity contribution is 6.30. The standard InChI is InChI=1S/C18H21ClN2O/c1-13-5-3-8-17(9-13)22-14(2)12-21-18(20)11-15-6-4-7-16(19)10-15/h3-10,14H,11-12H2,1-2H3,(H2,20,21). The second-order valence-electron chi connectivity index (χ2n) is 5.38. The van der Waals surface area contributed by atoms with Crippen LogP contribution in [0, 0.1) is 6.92 Å². The minimum absolute atomic E-state index is 0.0280. The van der Waals surface area contributed by atoms with Gasteiger partial charge >= 0.3 is 0 Å². The van der Waals surface area contributed by atoms with Crippen molar-refractivity contribution in [3.63, 3.8) is 0 Å². The van der Waals surface area contributed by atoms with Gasteiger partial charge in [0.25, 0.3) is 0 Å². The summed E-state index contributed by atoms with van der Waals surface area (Å²) in [7, 11) is 0. The van der Waals surface area contributed by atoms with Gasteiger partial charge in [-0.3, -0.25) is 4.99 Å². The molecule has 4 heteroatoms. The van der Waals surface area contributed by atoms with Gasteiger partial charge in [0, 0.05) is 11.4 Å². The number of halogens is 1. The van der Waals surface area contributed by atoms with Gasteiger partial charge in [-0.05, 0) is 49.2 Å². The predicted molar refractivity (Wildman–Crippen MR) is 92.9 cm³/mol. The van der Waals surface area contributed by atoms with Crippen LogP contribution in [0.2, 0.25) is 5.02 Å². The summed E-state index contributed by atoms with van der Waals surface area (Å²) >= 11 is 5.96. The Morgan fingerprint density at radius 3 is 2.73 bits per heavy atom. The number of hydrogen-bond acceptors (Lipinski definition) is 2. The van der Waals surface area contributed by atoms with Crippen molar-refractivity contribution < 1.29 is 4.74 Å². The molecule has 3 nitrogen and oxygen atoms in total. The van der Waals surface area contributed by atoms with Gasteiger partial charge < -0.3 is 10.5 Å². The molecule has 22 heavy (non-hydrogen) atoms. The molecule has 2 N–H and O–H groups in total. The minimum Gasteiger partial charge on any atom is -0.489 e. The Morgan fingerprint density at radius 1 is 1.23 bits per heavy atom. The molecule has 0 aliphatic rings. The molecule has 0 amide bonds. The molecule has 1 unspecified atom stereocenters. The van der Waals surface area contributed by atoms with Crippen LogP contribution in [0.25, 0.3) is 0 Å². The average molecular weight is 317 g/mol. The van der Waals surface area contributed by atoms with Crippen molar-refractivity contribution in [3.05, 3.63) is 64.7 Å². The van der Waals surface area contributed by atoms with E-state index in [1.54, 1.807) is 0 Å². The lowest BCUT2D eigenvalue weighted by Crippen LogP contribution is -2.21. The van der Waals surface area contributed by atoms with E-state index in [0.29, 0.717) is 23.8 Å². The van der Waals surface area contributed by atoms with E-state index in [-0.39, 0.29) is 6.10 Å². The number of nitrogens with zero attached hydrogens (tertiary/aromatic N) is 1. The predicted octanol–water partition coefficient (Wildman–Crippen LogP) is 4.02. The fourth-order valence-electron chi connectivity index (χ4n) is 2.12. The van der Waals surface area contributed by atoms with Crippen molar-refractivity contribution in [3.8, 4) is 5.75 Å². The smallest absolute Gasteiger partial charge is 0.120 e. The third-order valence-electron chi connectivity index (χ3n) is 3.15. The highest BCUT2D eigenvalue weighted by atomic mass is 35.5. The van der Waals surface area contributed by atoms with Crippen LogP contribution in [0.3, 0.4) is 0 Å². The fourth-order valence-corrected chi connectivity index (χ4v) is 2.33. The van der Waals surface area contributed by atoms with Gasteiger partial charge in [0.2, 0.25) is 0 Å². The zero-order valence-corrected chi connectivity index (χ0v) is 13.7. The maximum Gasteiger partial charge on any atom is 0.120 e. The SMILES string of the molecule is Cc1cccc(OC(C)CN=C(N)Cc2cccc(Cl)c2)c1. The van der Waals surface area contributed by atoms with Gasteiger partial charge in [0.15, 0.2) is 0 Å². The van der Waals surface area contributed by atoms with Gasteiger partial charge in [0.1, 0.15) is 11.9 Å². The molecule has 0 bridgehead atoms. The van der Waals surface area contributed by atoms with Crippen LogP contribution in [-0.2, 0) is 6.42 Å². The normalized spacial score (nSPS) is 13.0. The molecule has 2 aromatic carbocycles. The van der Waals surface area contributed by atoms with Crippen LogP contribution in [0.15, 0.2) is 53.5 Å². The summed E-state index contributed by atoms with van der Waals surface area (Å²) in [5.41, 5.74) is 8.20. The Hall–Kier alpha value is -2.00. The van der Waals surface area contributed by atoms with E-state index in [2.05, 4.69) is 4.99 Å². The number of ether oxygens (including phenoxy) is 1. The quantitative estimate of drug-likeness (QED) is 0.646. The largest absolute Gasteiger partial charge is 0.489 e. The van der Waals surface area contributed by atoms with Gasteiger partial charge in [-0.25, -0.2) is 0 Å². The number of nitrogens with two attached hydrogens (primary N) is 1. The highest BCUT2D eigenvalue weighted by Crippen LogP contribution is 2.14. The summed E-state index contributed by atoms with van der Waals surface area (Å²) in [6.45, 7) is 4.55. The summed E-state index contributed by atoms with van der Waals surface area (Å²) in [6, 6.07) is 15.6. The molecule has 0 saturated carbocycles. The van der Waals surface area contributed by atoms with Gasteiger partial charge in [-0.2, -0.15) is 0 Å². The lowest BCUT2D eigenvalue weighted by molar-refractivity contribution is 0.230. The van der Waals surface area contributed by atoms with Crippen molar-refractivity contribution in [1.82, 2.24) is 0 Å². The Bertz CT molecular complexity index is 655. The second-order valence-corrected chi connectivity index (χ2v) is 5.82. The van der Waals surface area contributed by atoms with Gasteiger partial charge in [-0.1, -0.05) is 35.9 Å². The second kappa shape index (κ2) is 7.85. The summed E-state index contributed by atoms with van der Waals surface area (Å²) in [5.74, 6) is 1.44. The number of benzene rings is 2. The number of aryl methyl sites for hydroxylation is 1. The first-order chi connectivity index (χ1) is 10.5. The van der Waals surface area contributed by atoms with Crippen LogP contribution >= 0.6 is 11.6 Å². The average Bonchev–Trinajstić information content (AvgIpc) is 2.45. The first-order valence-electron chi connectivity index (χ1n) is 7.29. The summed E-state index contributed by atoms with van der Waals surface area (Å²) in [6.07, 6.45) is 0.567. The van der Waals surface area contributed by atoms with Crippen LogP contribution in [0.1, 0.15) is 18.1 Å². The van der Waals surface area contributed by atoms with Crippen molar-refractivity contribution in [2.75, 3.05) is 6.54 Å². The van der Waals surface area contributed by atoms with E-state index < -0.39 is 0 Å². The van der Waals surface area contributed by atoms with Crippen molar-refractivity contribution in [1.29, 1.82) is 0 Å². The molecule has 116 valence electrons. The van der Waals surface area contributed by atoms with Crippen molar-refractivity contribution in [2.24, 2.45) is 10.7 Å². The third-order valence-corrected chi connectivity index (χ3v) is 3.39. The Labute approximate surface area is 136 Å². The molecule has 1 atom stereocenters. The van der Waals surface area contributed by atoms with Crippen LogP contribution < -0.4 is 10.5 Å².